The minimum Gasteiger partial charge on any atom is -0.296 e. The molecule has 0 N–H and O–H groups in total. The van der Waals surface area contributed by atoms with Crippen LogP contribution in [-0.4, -0.2) is 24.4 Å². The third-order valence-electron chi connectivity index (χ3n) is 3.50. The quantitative estimate of drug-likeness (QED) is 0.747. The summed E-state index contributed by atoms with van der Waals surface area (Å²) in [5.74, 6) is -2.56. The molecule has 0 atom stereocenters. The Morgan fingerprint density at radius 1 is 0.909 bits per heavy atom. The highest BCUT2D eigenvalue weighted by Gasteiger charge is 2.45. The predicted octanol–water partition coefficient (Wildman–Crippen LogP) is 3.45. The first-order chi connectivity index (χ1) is 10.4. The molecule has 2 aromatic rings. The largest absolute Gasteiger partial charge is 0.471 e. The minimum atomic E-state index is -5.04. The number of halogens is 3. The number of hydrogen-bond donors (Lipinski definition) is 0. The van der Waals surface area contributed by atoms with Crippen molar-refractivity contribution in [1.29, 1.82) is 0 Å². The van der Waals surface area contributed by atoms with Gasteiger partial charge < -0.3 is 0 Å². The second-order valence-electron chi connectivity index (χ2n) is 4.87. The van der Waals surface area contributed by atoms with Crippen LogP contribution in [0.3, 0.4) is 0 Å². The van der Waals surface area contributed by atoms with Crippen molar-refractivity contribution in [3.63, 3.8) is 0 Å². The Labute approximate surface area is 124 Å². The van der Waals surface area contributed by atoms with Crippen molar-refractivity contribution in [2.75, 3.05) is 11.4 Å². The summed E-state index contributed by atoms with van der Waals surface area (Å²) in [7, 11) is 0. The molecule has 0 saturated heterocycles. The van der Waals surface area contributed by atoms with Gasteiger partial charge in [-0.25, -0.2) is 0 Å². The number of ketones is 1. The van der Waals surface area contributed by atoms with Gasteiger partial charge in [0.05, 0.1) is 12.2 Å². The number of nitrogens with zero attached hydrogens (tertiary/aromatic N) is 1. The normalized spacial score (nSPS) is 14.1. The zero-order chi connectivity index (χ0) is 15.9. The molecule has 1 amide bonds. The number of para-hydroxylation sites is 1. The summed E-state index contributed by atoms with van der Waals surface area (Å²) in [5.41, 5.74) is 1.36. The molecule has 0 aliphatic carbocycles. The molecule has 1 aliphatic heterocycles. The van der Waals surface area contributed by atoms with Gasteiger partial charge in [0.1, 0.15) is 0 Å². The lowest BCUT2D eigenvalue weighted by Crippen LogP contribution is -2.43. The lowest BCUT2D eigenvalue weighted by atomic mass is 9.97. The molecular formula is C16H10F3NO2. The van der Waals surface area contributed by atoms with E-state index in [0.29, 0.717) is 21.6 Å². The first kappa shape index (κ1) is 14.3. The maximum Gasteiger partial charge on any atom is 0.471 e. The van der Waals surface area contributed by atoms with Gasteiger partial charge in [-0.3, -0.25) is 14.5 Å². The van der Waals surface area contributed by atoms with Crippen molar-refractivity contribution in [2.24, 2.45) is 0 Å². The Hall–Kier alpha value is -2.63. The van der Waals surface area contributed by atoms with E-state index in [0.717, 1.165) is 0 Å². The van der Waals surface area contributed by atoms with E-state index in [-0.39, 0.29) is 5.69 Å². The van der Waals surface area contributed by atoms with Crippen molar-refractivity contribution in [3.8, 4) is 11.1 Å². The second kappa shape index (κ2) is 4.98. The Balaban J connectivity index is 2.23. The Morgan fingerprint density at radius 3 is 2.09 bits per heavy atom. The topological polar surface area (TPSA) is 37.4 Å². The number of fused-ring (bicyclic) bond motifs is 3. The van der Waals surface area contributed by atoms with Crippen LogP contribution in [0.5, 0.6) is 0 Å². The Kier molecular flexibility index (Phi) is 3.24. The van der Waals surface area contributed by atoms with Gasteiger partial charge in [0.15, 0.2) is 5.78 Å². The van der Waals surface area contributed by atoms with Gasteiger partial charge in [-0.15, -0.1) is 0 Å². The lowest BCUT2D eigenvalue weighted by molar-refractivity contribution is -0.170. The van der Waals surface area contributed by atoms with Gasteiger partial charge in [0.25, 0.3) is 0 Å². The minimum absolute atomic E-state index is 0.0862. The third kappa shape index (κ3) is 2.26. The van der Waals surface area contributed by atoms with E-state index in [1.807, 2.05) is 0 Å². The van der Waals surface area contributed by atoms with Crippen LogP contribution in [0, 0.1) is 0 Å². The lowest BCUT2D eigenvalue weighted by Gasteiger charge is -2.23. The van der Waals surface area contributed by atoms with Crippen molar-refractivity contribution < 1.29 is 22.8 Å². The van der Waals surface area contributed by atoms with Crippen molar-refractivity contribution in [1.82, 2.24) is 0 Å². The van der Waals surface area contributed by atoms with Crippen LogP contribution in [0.1, 0.15) is 10.4 Å². The highest BCUT2D eigenvalue weighted by molar-refractivity contribution is 6.14. The van der Waals surface area contributed by atoms with E-state index < -0.39 is 24.4 Å². The summed E-state index contributed by atoms with van der Waals surface area (Å²) in [6.07, 6.45) is -5.04. The number of benzene rings is 2. The maximum absolute atomic E-state index is 12.8. The van der Waals surface area contributed by atoms with Gasteiger partial charge in [-0.1, -0.05) is 42.5 Å². The summed E-state index contributed by atoms with van der Waals surface area (Å²) in [4.78, 5) is 24.4. The SMILES string of the molecule is O=C1CN(C(=O)C(F)(F)F)c2ccccc2-c2ccccc21. The fourth-order valence-electron chi connectivity index (χ4n) is 2.55. The standard InChI is InChI=1S/C16H10F3NO2/c17-16(18,19)15(22)20-9-14(21)12-7-2-1-5-10(12)11-6-3-4-8-13(11)20/h1-8H,9H2. The van der Waals surface area contributed by atoms with Crippen LogP contribution in [-0.2, 0) is 4.79 Å². The summed E-state index contributed by atoms with van der Waals surface area (Å²) < 4.78 is 38.4. The molecule has 6 heteroatoms. The number of hydrogen-bond acceptors (Lipinski definition) is 2. The summed E-state index contributed by atoms with van der Waals surface area (Å²) in [6, 6.07) is 12.8. The number of rotatable bonds is 0. The molecule has 3 rings (SSSR count). The molecule has 112 valence electrons. The van der Waals surface area contributed by atoms with Gasteiger partial charge >= 0.3 is 12.1 Å². The van der Waals surface area contributed by atoms with E-state index in [9.17, 15) is 22.8 Å². The average Bonchev–Trinajstić information content (AvgIpc) is 2.62. The van der Waals surface area contributed by atoms with Crippen molar-refractivity contribution in [3.05, 3.63) is 54.1 Å². The first-order valence-corrected chi connectivity index (χ1v) is 6.50. The third-order valence-corrected chi connectivity index (χ3v) is 3.50. The van der Waals surface area contributed by atoms with Gasteiger partial charge in [-0.2, -0.15) is 13.2 Å². The van der Waals surface area contributed by atoms with Crippen LogP contribution in [0.25, 0.3) is 11.1 Å². The van der Waals surface area contributed by atoms with E-state index in [1.54, 1.807) is 36.4 Å². The highest BCUT2D eigenvalue weighted by atomic mass is 19.4. The molecule has 2 aromatic carbocycles. The number of amides is 1. The van der Waals surface area contributed by atoms with E-state index in [2.05, 4.69) is 0 Å². The van der Waals surface area contributed by atoms with Crippen molar-refractivity contribution >= 4 is 17.4 Å². The smallest absolute Gasteiger partial charge is 0.296 e. The fraction of sp³-hybridized carbons (Fsp3) is 0.125. The molecule has 0 unspecified atom stereocenters. The fourth-order valence-corrected chi connectivity index (χ4v) is 2.55. The van der Waals surface area contributed by atoms with Crippen LogP contribution < -0.4 is 4.90 Å². The predicted molar refractivity (Wildman–Crippen MR) is 74.6 cm³/mol. The molecule has 0 radical (unpaired) electrons. The number of anilines is 1. The number of Topliss-reactive ketones (excluding diaryl/α,β-unsaturated/α-hetero) is 1. The highest BCUT2D eigenvalue weighted by Crippen LogP contribution is 2.37. The summed E-state index contributed by atoms with van der Waals surface area (Å²) in [5, 5.41) is 0. The monoisotopic (exact) mass is 305 g/mol. The Bertz CT molecular complexity index is 768. The van der Waals surface area contributed by atoms with Crippen LogP contribution in [0.15, 0.2) is 48.5 Å². The Morgan fingerprint density at radius 2 is 1.45 bits per heavy atom. The average molecular weight is 305 g/mol. The molecule has 3 nitrogen and oxygen atoms in total. The van der Waals surface area contributed by atoms with E-state index >= 15 is 0 Å². The summed E-state index contributed by atoms with van der Waals surface area (Å²) in [6.45, 7) is -0.633. The number of alkyl halides is 3. The molecule has 1 heterocycles. The van der Waals surface area contributed by atoms with Gasteiger partial charge in [0.2, 0.25) is 0 Å². The zero-order valence-electron chi connectivity index (χ0n) is 11.2. The number of carbonyl (C=O) groups is 2. The first-order valence-electron chi connectivity index (χ1n) is 6.50. The zero-order valence-corrected chi connectivity index (χ0v) is 11.2. The molecule has 0 aromatic heterocycles. The molecule has 0 bridgehead atoms. The van der Waals surface area contributed by atoms with Crippen LogP contribution in [0.4, 0.5) is 18.9 Å². The van der Waals surface area contributed by atoms with E-state index in [1.165, 1.54) is 12.1 Å². The summed E-state index contributed by atoms with van der Waals surface area (Å²) >= 11 is 0. The van der Waals surface area contributed by atoms with Crippen LogP contribution in [0.2, 0.25) is 0 Å². The molecule has 0 spiro atoms. The maximum atomic E-state index is 12.8. The molecular weight excluding hydrogens is 295 g/mol. The van der Waals surface area contributed by atoms with Crippen molar-refractivity contribution in [2.45, 2.75) is 6.18 Å². The van der Waals surface area contributed by atoms with Crippen LogP contribution >= 0.6 is 0 Å². The van der Waals surface area contributed by atoms with E-state index in [4.69, 9.17) is 0 Å². The van der Waals surface area contributed by atoms with Gasteiger partial charge in [-0.05, 0) is 11.6 Å². The molecule has 1 aliphatic rings. The molecule has 22 heavy (non-hydrogen) atoms. The van der Waals surface area contributed by atoms with Gasteiger partial charge in [0, 0.05) is 11.1 Å². The second-order valence-corrected chi connectivity index (χ2v) is 4.87. The molecule has 0 saturated carbocycles. The number of carbonyl (C=O) groups excluding carboxylic acids is 2. The molecule has 0 fully saturated rings.